The summed E-state index contributed by atoms with van der Waals surface area (Å²) in [5, 5.41) is 24.4. The Balaban J connectivity index is 1.83. The van der Waals surface area contributed by atoms with Gasteiger partial charge in [0.05, 0.1) is 18.8 Å². The van der Waals surface area contributed by atoms with E-state index in [4.69, 9.17) is 0 Å². The van der Waals surface area contributed by atoms with Crippen LogP contribution in [0.3, 0.4) is 0 Å². The van der Waals surface area contributed by atoms with Crippen LogP contribution in [0.1, 0.15) is 18.2 Å². The lowest BCUT2D eigenvalue weighted by Crippen LogP contribution is -2.43. The minimum Gasteiger partial charge on any atom is -0.394 e. The quantitative estimate of drug-likeness (QED) is 0.448. The molecular formula is C20H21F3N6O2. The van der Waals surface area contributed by atoms with Crippen LogP contribution in [0, 0.1) is 6.92 Å². The van der Waals surface area contributed by atoms with Crippen molar-refractivity contribution in [1.82, 2.24) is 19.9 Å². The Morgan fingerprint density at radius 2 is 1.61 bits per heavy atom. The molecule has 0 fully saturated rings. The van der Waals surface area contributed by atoms with Crippen molar-refractivity contribution in [2.75, 3.05) is 23.8 Å². The fourth-order valence-electron chi connectivity index (χ4n) is 2.67. The van der Waals surface area contributed by atoms with Crippen LogP contribution in [0.15, 0.2) is 42.9 Å². The number of rotatable bonds is 7. The molecule has 0 aliphatic heterocycles. The van der Waals surface area contributed by atoms with Gasteiger partial charge in [0.1, 0.15) is 5.69 Å². The molecule has 3 aromatic rings. The molecule has 2 heterocycles. The maximum absolute atomic E-state index is 12.9. The number of nitrogens with zero attached hydrogens (tertiary/aromatic N) is 4. The summed E-state index contributed by atoms with van der Waals surface area (Å²) in [5.74, 6) is 0.0622. The first-order valence-electron chi connectivity index (χ1n) is 9.23. The van der Waals surface area contributed by atoms with E-state index in [2.05, 4.69) is 30.6 Å². The summed E-state index contributed by atoms with van der Waals surface area (Å²) in [6, 6.07) is 6.14. The number of aryl methyl sites for hydroxylation is 1. The summed E-state index contributed by atoms with van der Waals surface area (Å²) < 4.78 is 38.6. The van der Waals surface area contributed by atoms with E-state index in [1.807, 2.05) is 13.0 Å². The van der Waals surface area contributed by atoms with Gasteiger partial charge < -0.3 is 20.8 Å². The highest BCUT2D eigenvalue weighted by molar-refractivity contribution is 5.70. The number of nitrogens with one attached hydrogen (secondary N) is 2. The number of aliphatic hydroxyl groups excluding tert-OH is 2. The van der Waals surface area contributed by atoms with Gasteiger partial charge in [-0.15, -0.1) is 0 Å². The van der Waals surface area contributed by atoms with Crippen molar-refractivity contribution in [3.05, 3.63) is 54.1 Å². The highest BCUT2D eigenvalue weighted by Crippen LogP contribution is 2.29. The van der Waals surface area contributed by atoms with Crippen LogP contribution in [0.25, 0.3) is 11.1 Å². The number of aliphatic hydroxyl groups is 2. The average molecular weight is 434 g/mol. The summed E-state index contributed by atoms with van der Waals surface area (Å²) in [7, 11) is 0. The van der Waals surface area contributed by atoms with E-state index in [0.717, 1.165) is 23.4 Å². The third-order valence-electron chi connectivity index (χ3n) is 4.38. The smallest absolute Gasteiger partial charge is 0.394 e. The van der Waals surface area contributed by atoms with Crippen LogP contribution in [0.5, 0.6) is 0 Å². The number of benzene rings is 1. The zero-order chi connectivity index (χ0) is 22.6. The molecule has 0 unspecified atom stereocenters. The molecule has 0 radical (unpaired) electrons. The second-order valence-corrected chi connectivity index (χ2v) is 7.27. The average Bonchev–Trinajstić information content (AvgIpc) is 2.73. The Kier molecular flexibility index (Phi) is 6.37. The zero-order valence-electron chi connectivity index (χ0n) is 16.8. The van der Waals surface area contributed by atoms with Crippen molar-refractivity contribution in [2.24, 2.45) is 0 Å². The number of hydrogen-bond donors (Lipinski definition) is 4. The minimum atomic E-state index is -4.56. The van der Waals surface area contributed by atoms with Gasteiger partial charge in [0.2, 0.25) is 11.9 Å². The van der Waals surface area contributed by atoms with Gasteiger partial charge in [-0.1, -0.05) is 6.07 Å². The van der Waals surface area contributed by atoms with E-state index in [1.54, 1.807) is 31.5 Å². The number of halogens is 3. The first kappa shape index (κ1) is 22.4. The minimum absolute atomic E-state index is 0.172. The SMILES string of the molecule is Cc1cc(Nc2nccc(C(F)(F)F)n2)cc(-c2cnc(NC(C)(CO)CO)nc2)c1. The van der Waals surface area contributed by atoms with Crippen molar-refractivity contribution in [3.63, 3.8) is 0 Å². The van der Waals surface area contributed by atoms with Crippen molar-refractivity contribution in [1.29, 1.82) is 0 Å². The molecule has 0 aliphatic carbocycles. The zero-order valence-corrected chi connectivity index (χ0v) is 16.8. The first-order valence-corrected chi connectivity index (χ1v) is 9.23. The summed E-state index contributed by atoms with van der Waals surface area (Å²) in [4.78, 5) is 15.8. The molecule has 0 atom stereocenters. The van der Waals surface area contributed by atoms with E-state index in [0.29, 0.717) is 11.3 Å². The Bertz CT molecular complexity index is 1040. The predicted molar refractivity (Wildman–Crippen MR) is 109 cm³/mol. The second kappa shape index (κ2) is 8.82. The van der Waals surface area contributed by atoms with Gasteiger partial charge in [-0.25, -0.2) is 19.9 Å². The summed E-state index contributed by atoms with van der Waals surface area (Å²) >= 11 is 0. The molecule has 0 spiro atoms. The van der Waals surface area contributed by atoms with Crippen LogP contribution < -0.4 is 10.6 Å². The second-order valence-electron chi connectivity index (χ2n) is 7.27. The maximum Gasteiger partial charge on any atom is 0.433 e. The number of aromatic nitrogens is 4. The van der Waals surface area contributed by atoms with E-state index in [1.165, 1.54) is 0 Å². The molecule has 0 bridgehead atoms. The summed E-state index contributed by atoms with van der Waals surface area (Å²) in [6.07, 6.45) is -0.402. The fourth-order valence-corrected chi connectivity index (χ4v) is 2.67. The Morgan fingerprint density at radius 3 is 2.23 bits per heavy atom. The van der Waals surface area contributed by atoms with Gasteiger partial charge in [0.15, 0.2) is 0 Å². The van der Waals surface area contributed by atoms with E-state index in [9.17, 15) is 23.4 Å². The lowest BCUT2D eigenvalue weighted by molar-refractivity contribution is -0.141. The first-order chi connectivity index (χ1) is 14.6. The Hall–Kier alpha value is -3.31. The van der Waals surface area contributed by atoms with E-state index < -0.39 is 17.4 Å². The van der Waals surface area contributed by atoms with Crippen LogP contribution in [0.2, 0.25) is 0 Å². The monoisotopic (exact) mass is 434 g/mol. The van der Waals surface area contributed by atoms with Crippen LogP contribution in [0.4, 0.5) is 30.8 Å². The van der Waals surface area contributed by atoms with Crippen molar-refractivity contribution < 1.29 is 23.4 Å². The normalized spacial score (nSPS) is 12.0. The lowest BCUT2D eigenvalue weighted by atomic mass is 10.0. The standard InChI is InChI=1S/C20H21F3N6O2/c1-12-5-13(14-8-25-17(26-9-14)29-19(2,10-30)11-31)7-15(6-12)27-18-24-4-3-16(28-18)20(21,22)23/h3-9,30-31H,10-11H2,1-2H3,(H,24,27,28)(H,25,26,29). The molecule has 0 saturated heterocycles. The van der Waals surface area contributed by atoms with Crippen LogP contribution in [-0.2, 0) is 6.18 Å². The molecule has 1 aromatic carbocycles. The van der Waals surface area contributed by atoms with Gasteiger partial charge in [-0.05, 0) is 43.2 Å². The highest BCUT2D eigenvalue weighted by Gasteiger charge is 2.32. The van der Waals surface area contributed by atoms with E-state index >= 15 is 0 Å². The number of alkyl halides is 3. The van der Waals surface area contributed by atoms with Crippen LogP contribution >= 0.6 is 0 Å². The highest BCUT2D eigenvalue weighted by atomic mass is 19.4. The Labute approximate surface area is 176 Å². The van der Waals surface area contributed by atoms with Gasteiger partial charge in [-0.2, -0.15) is 13.2 Å². The molecule has 164 valence electrons. The summed E-state index contributed by atoms with van der Waals surface area (Å²) in [6.45, 7) is 2.85. The third kappa shape index (κ3) is 5.64. The number of hydrogen-bond acceptors (Lipinski definition) is 8. The molecule has 0 saturated carbocycles. The van der Waals surface area contributed by atoms with Crippen molar-refractivity contribution in [2.45, 2.75) is 25.6 Å². The van der Waals surface area contributed by atoms with Gasteiger partial charge in [0, 0.05) is 29.8 Å². The predicted octanol–water partition coefficient (Wildman–Crippen LogP) is 3.16. The van der Waals surface area contributed by atoms with Crippen molar-refractivity contribution in [3.8, 4) is 11.1 Å². The molecule has 0 aliphatic rings. The topological polar surface area (TPSA) is 116 Å². The fraction of sp³-hybridized carbons (Fsp3) is 0.300. The molecule has 11 heteroatoms. The van der Waals surface area contributed by atoms with Crippen molar-refractivity contribution >= 4 is 17.6 Å². The lowest BCUT2D eigenvalue weighted by Gasteiger charge is -2.25. The summed E-state index contributed by atoms with van der Waals surface area (Å²) in [5.41, 5.74) is 0.747. The molecule has 2 aromatic heterocycles. The van der Waals surface area contributed by atoms with Gasteiger partial charge >= 0.3 is 6.18 Å². The molecule has 8 nitrogen and oxygen atoms in total. The molecule has 3 rings (SSSR count). The Morgan fingerprint density at radius 1 is 0.935 bits per heavy atom. The van der Waals surface area contributed by atoms with Gasteiger partial charge in [-0.3, -0.25) is 0 Å². The third-order valence-corrected chi connectivity index (χ3v) is 4.38. The van der Waals surface area contributed by atoms with Crippen LogP contribution in [-0.4, -0.2) is 48.9 Å². The molecule has 0 amide bonds. The maximum atomic E-state index is 12.9. The molecular weight excluding hydrogens is 413 g/mol. The van der Waals surface area contributed by atoms with E-state index in [-0.39, 0.29) is 25.1 Å². The largest absolute Gasteiger partial charge is 0.433 e. The molecule has 4 N–H and O–H groups in total. The number of anilines is 3. The molecule has 31 heavy (non-hydrogen) atoms. The van der Waals surface area contributed by atoms with Gasteiger partial charge in [0.25, 0.3) is 0 Å².